The molecule has 0 unspecified atom stereocenters. The molecule has 208 valence electrons. The van der Waals surface area contributed by atoms with E-state index in [1.807, 2.05) is 0 Å². The third-order valence-electron chi connectivity index (χ3n) is 8.92. The van der Waals surface area contributed by atoms with Gasteiger partial charge in [0.1, 0.15) is 12.4 Å². The molecule has 0 bridgehead atoms. The van der Waals surface area contributed by atoms with Gasteiger partial charge in [-0.05, 0) is 82.7 Å². The van der Waals surface area contributed by atoms with Gasteiger partial charge in [-0.25, -0.2) is 4.57 Å². The van der Waals surface area contributed by atoms with Crippen LogP contribution in [0.2, 0.25) is 0 Å². The zero-order valence-corrected chi connectivity index (χ0v) is 26.5. The van der Waals surface area contributed by atoms with E-state index in [1.54, 1.807) is 0 Å². The molecule has 0 N–H and O–H groups in total. The average Bonchev–Trinajstić information content (AvgIpc) is 3.28. The van der Waals surface area contributed by atoms with E-state index in [4.69, 9.17) is 0 Å². The maximum atomic E-state index is 2.54. The zero-order valence-electron chi connectivity index (χ0n) is 26.5. The Hall–Kier alpha value is -3.27. The third kappa shape index (κ3) is 4.50. The Morgan fingerprint density at radius 2 is 1.18 bits per heavy atom. The molecule has 4 aromatic rings. The molecule has 40 heavy (non-hydrogen) atoms. The number of anilines is 1. The van der Waals surface area contributed by atoms with Gasteiger partial charge in [-0.1, -0.05) is 97.9 Å². The van der Waals surface area contributed by atoms with Crippen LogP contribution in [0.5, 0.6) is 0 Å². The Balaban J connectivity index is 1.83. The van der Waals surface area contributed by atoms with Gasteiger partial charge in [-0.2, -0.15) is 0 Å². The van der Waals surface area contributed by atoms with Gasteiger partial charge in [-0.3, -0.25) is 4.48 Å². The zero-order chi connectivity index (χ0) is 29.0. The van der Waals surface area contributed by atoms with E-state index in [0.717, 1.165) is 0 Å². The van der Waals surface area contributed by atoms with Gasteiger partial charge >= 0.3 is 6.98 Å². The Labute approximate surface area is 243 Å². The number of fused-ring (bicyclic) bond motifs is 3. The van der Waals surface area contributed by atoms with Crippen LogP contribution in [0.1, 0.15) is 107 Å². The van der Waals surface area contributed by atoms with Crippen molar-refractivity contribution in [1.82, 2.24) is 4.57 Å². The SMILES string of the molecule is Cc1cc(-c2c(C(C)C)cccc2C(C)C)cc2c1-c1n(C)cc[n+]1B(c1c(C(C)C)cccc1C(C)C)N2C. The molecule has 5 rings (SSSR count). The predicted octanol–water partition coefficient (Wildman–Crippen LogP) is 8.14. The highest BCUT2D eigenvalue weighted by Gasteiger charge is 2.46. The fourth-order valence-electron chi connectivity index (χ4n) is 6.92. The van der Waals surface area contributed by atoms with Crippen LogP contribution in [0.4, 0.5) is 5.69 Å². The van der Waals surface area contributed by atoms with E-state index in [0.29, 0.717) is 23.7 Å². The summed E-state index contributed by atoms with van der Waals surface area (Å²) in [5.74, 6) is 3.07. The van der Waals surface area contributed by atoms with Crippen molar-refractivity contribution in [3.05, 3.63) is 88.7 Å². The van der Waals surface area contributed by atoms with E-state index in [9.17, 15) is 0 Å². The van der Waals surface area contributed by atoms with E-state index < -0.39 is 0 Å². The van der Waals surface area contributed by atoms with Gasteiger partial charge in [0.05, 0.1) is 12.6 Å². The first kappa shape index (κ1) is 28.3. The van der Waals surface area contributed by atoms with E-state index in [-0.39, 0.29) is 6.98 Å². The van der Waals surface area contributed by atoms with Gasteiger partial charge in [0.2, 0.25) is 0 Å². The summed E-state index contributed by atoms with van der Waals surface area (Å²) in [5.41, 5.74) is 13.9. The molecule has 0 fully saturated rings. The molecule has 0 spiro atoms. The molecule has 1 aliphatic heterocycles. The lowest BCUT2D eigenvalue weighted by atomic mass is 9.58. The molecule has 1 aromatic heterocycles. The number of hydrogen-bond acceptors (Lipinski definition) is 1. The minimum absolute atomic E-state index is 0.0826. The minimum atomic E-state index is 0.0826. The number of nitrogens with zero attached hydrogens (tertiary/aromatic N) is 3. The van der Waals surface area contributed by atoms with Crippen molar-refractivity contribution in [2.24, 2.45) is 7.05 Å². The second kappa shape index (κ2) is 10.6. The van der Waals surface area contributed by atoms with Crippen LogP contribution in [0.25, 0.3) is 22.5 Å². The Bertz CT molecular complexity index is 1500. The summed E-state index contributed by atoms with van der Waals surface area (Å²) in [6, 6.07) is 18.7. The summed E-state index contributed by atoms with van der Waals surface area (Å²) in [6.45, 7) is 21.0. The number of hydrogen-bond donors (Lipinski definition) is 0. The standard InChI is InChI=1S/C36H47BN3/c1-22(2)28-14-12-15-29(23(3)4)34(28)27-20-26(9)33-32(21-27)39(11)37(40-19-18-38(10)36(33)40)35-30(24(5)6)16-13-17-31(35)25(7)8/h12-25H,1-11H3/q+1. The van der Waals surface area contributed by atoms with Crippen molar-refractivity contribution in [2.75, 3.05) is 11.9 Å². The molecule has 0 aliphatic carbocycles. The first-order valence-electron chi connectivity index (χ1n) is 15.1. The fraction of sp³-hybridized carbons (Fsp3) is 0.417. The highest BCUT2D eigenvalue weighted by molar-refractivity contribution is 6.70. The number of rotatable bonds is 6. The lowest BCUT2D eigenvalue weighted by Crippen LogP contribution is -2.71. The third-order valence-corrected chi connectivity index (χ3v) is 8.92. The maximum absolute atomic E-state index is 2.54. The van der Waals surface area contributed by atoms with Crippen LogP contribution < -0.4 is 14.8 Å². The summed E-state index contributed by atoms with van der Waals surface area (Å²) in [6.07, 6.45) is 4.50. The van der Waals surface area contributed by atoms with Gasteiger partial charge in [-0.15, -0.1) is 0 Å². The van der Waals surface area contributed by atoms with Crippen LogP contribution in [0.15, 0.2) is 60.9 Å². The lowest BCUT2D eigenvalue weighted by Gasteiger charge is -2.34. The van der Waals surface area contributed by atoms with Crippen molar-refractivity contribution in [3.63, 3.8) is 0 Å². The molecule has 0 atom stereocenters. The maximum Gasteiger partial charge on any atom is 0.537 e. The van der Waals surface area contributed by atoms with Crippen molar-refractivity contribution in [3.8, 4) is 22.5 Å². The molecule has 3 aromatic carbocycles. The van der Waals surface area contributed by atoms with Gasteiger partial charge < -0.3 is 4.81 Å². The number of imidazole rings is 1. The summed E-state index contributed by atoms with van der Waals surface area (Å²) >= 11 is 0. The Morgan fingerprint density at radius 1 is 0.675 bits per heavy atom. The quantitative estimate of drug-likeness (QED) is 0.228. The predicted molar refractivity (Wildman–Crippen MR) is 173 cm³/mol. The molecule has 0 saturated heterocycles. The molecule has 3 nitrogen and oxygen atoms in total. The molecule has 0 radical (unpaired) electrons. The Morgan fingerprint density at radius 3 is 1.68 bits per heavy atom. The summed E-state index contributed by atoms with van der Waals surface area (Å²) in [7, 11) is 4.49. The van der Waals surface area contributed by atoms with Crippen LogP contribution in [0, 0.1) is 6.92 Å². The van der Waals surface area contributed by atoms with Crippen molar-refractivity contribution < 1.29 is 4.48 Å². The molecule has 1 aliphatic rings. The largest absolute Gasteiger partial charge is 0.537 e. The van der Waals surface area contributed by atoms with Gasteiger partial charge in [0, 0.05) is 11.2 Å². The van der Waals surface area contributed by atoms with Crippen molar-refractivity contribution in [1.29, 1.82) is 0 Å². The monoisotopic (exact) mass is 532 g/mol. The van der Waals surface area contributed by atoms with Crippen LogP contribution >= 0.6 is 0 Å². The number of aromatic nitrogens is 2. The normalized spacial score (nSPS) is 13.2. The van der Waals surface area contributed by atoms with E-state index >= 15 is 0 Å². The summed E-state index contributed by atoms with van der Waals surface area (Å²) in [5, 5.41) is 0. The van der Waals surface area contributed by atoms with Crippen molar-refractivity contribution >= 4 is 18.1 Å². The second-order valence-corrected chi connectivity index (χ2v) is 13.1. The topological polar surface area (TPSA) is 12.0 Å². The van der Waals surface area contributed by atoms with Crippen LogP contribution in [-0.2, 0) is 7.05 Å². The van der Waals surface area contributed by atoms with Crippen LogP contribution in [-0.4, -0.2) is 18.6 Å². The highest BCUT2D eigenvalue weighted by Crippen LogP contribution is 2.43. The fourth-order valence-corrected chi connectivity index (χ4v) is 6.92. The Kier molecular flexibility index (Phi) is 7.50. The summed E-state index contributed by atoms with van der Waals surface area (Å²) in [4.78, 5) is 2.54. The van der Waals surface area contributed by atoms with Crippen molar-refractivity contribution in [2.45, 2.75) is 86.0 Å². The molecule has 0 saturated carbocycles. The smallest absolute Gasteiger partial charge is 0.372 e. The lowest BCUT2D eigenvalue weighted by molar-refractivity contribution is -0.523. The second-order valence-electron chi connectivity index (χ2n) is 13.1. The first-order valence-corrected chi connectivity index (χ1v) is 15.1. The minimum Gasteiger partial charge on any atom is -0.372 e. The molecule has 4 heteroatoms. The summed E-state index contributed by atoms with van der Waals surface area (Å²) < 4.78 is 4.81. The van der Waals surface area contributed by atoms with Crippen LogP contribution in [0.3, 0.4) is 0 Å². The highest BCUT2D eigenvalue weighted by atomic mass is 15.2. The molecular formula is C36H47BN3+. The number of benzene rings is 3. The van der Waals surface area contributed by atoms with E-state index in [1.165, 1.54) is 61.5 Å². The molecule has 2 heterocycles. The van der Waals surface area contributed by atoms with Gasteiger partial charge in [0.25, 0.3) is 5.82 Å². The molecular weight excluding hydrogens is 485 g/mol. The first-order chi connectivity index (χ1) is 18.9. The van der Waals surface area contributed by atoms with Gasteiger partial charge in [0.15, 0.2) is 0 Å². The average molecular weight is 533 g/mol. The van der Waals surface area contributed by atoms with E-state index in [2.05, 4.69) is 151 Å². The molecule has 0 amide bonds. The number of aryl methyl sites for hydroxylation is 2.